The van der Waals surface area contributed by atoms with Crippen LogP contribution in [0.25, 0.3) is 5.69 Å². The minimum atomic E-state index is 0.746. The van der Waals surface area contributed by atoms with E-state index in [0.717, 1.165) is 42.3 Å². The summed E-state index contributed by atoms with van der Waals surface area (Å²) in [5.41, 5.74) is 4.64. The maximum Gasteiger partial charge on any atom is 0.0708 e. The van der Waals surface area contributed by atoms with Crippen LogP contribution in [0, 0.1) is 0 Å². The van der Waals surface area contributed by atoms with Crippen LogP contribution in [0.1, 0.15) is 37.7 Å². The van der Waals surface area contributed by atoms with Gasteiger partial charge >= 0.3 is 0 Å². The van der Waals surface area contributed by atoms with Gasteiger partial charge in [0.25, 0.3) is 0 Å². The van der Waals surface area contributed by atoms with E-state index in [4.69, 9.17) is 16.7 Å². The van der Waals surface area contributed by atoms with Crippen molar-refractivity contribution in [1.82, 2.24) is 15.1 Å². The summed E-state index contributed by atoms with van der Waals surface area (Å²) in [5.74, 6) is 0. The molecular weight excluding hydrogens is 270 g/mol. The van der Waals surface area contributed by atoms with E-state index in [1.807, 2.05) is 16.8 Å². The van der Waals surface area contributed by atoms with Crippen molar-refractivity contribution in [2.45, 2.75) is 40.2 Å². The molecule has 108 valence electrons. The van der Waals surface area contributed by atoms with Crippen LogP contribution in [0.5, 0.6) is 0 Å². The molecule has 0 fully saturated rings. The highest BCUT2D eigenvalue weighted by atomic mass is 35.5. The summed E-state index contributed by atoms with van der Waals surface area (Å²) in [6.07, 6.45) is 1.91. The largest absolute Gasteiger partial charge is 0.313 e. The number of halogens is 1. The van der Waals surface area contributed by atoms with Crippen molar-refractivity contribution in [2.24, 2.45) is 0 Å². The predicted molar refractivity (Wildman–Crippen MR) is 84.7 cm³/mol. The molecule has 20 heavy (non-hydrogen) atoms. The Morgan fingerprint density at radius 3 is 2.60 bits per heavy atom. The molecule has 0 radical (unpaired) electrons. The van der Waals surface area contributed by atoms with Crippen molar-refractivity contribution >= 4 is 11.6 Å². The molecule has 2 aromatic rings. The molecule has 1 N–H and O–H groups in total. The Morgan fingerprint density at radius 2 is 1.95 bits per heavy atom. The minimum absolute atomic E-state index is 0.746. The standard InChI is InChI=1S/C16H22ClN3/c1-4-14-10-15(5-2)20(19-14)16-9-13(17)8-7-12(16)11-18-6-3/h7-10,18H,4-6,11H2,1-3H3. The molecule has 0 saturated carbocycles. The topological polar surface area (TPSA) is 29.9 Å². The SMILES string of the molecule is CCNCc1ccc(Cl)cc1-n1nc(CC)cc1CC. The zero-order chi connectivity index (χ0) is 14.5. The summed E-state index contributed by atoms with van der Waals surface area (Å²) >= 11 is 6.18. The van der Waals surface area contributed by atoms with E-state index in [0.29, 0.717) is 0 Å². The van der Waals surface area contributed by atoms with E-state index < -0.39 is 0 Å². The molecule has 0 unspecified atom stereocenters. The van der Waals surface area contributed by atoms with Crippen LogP contribution < -0.4 is 5.32 Å². The molecule has 3 nitrogen and oxygen atoms in total. The first-order valence-corrected chi connectivity index (χ1v) is 7.64. The van der Waals surface area contributed by atoms with Gasteiger partial charge in [0.05, 0.1) is 11.4 Å². The third kappa shape index (κ3) is 3.22. The number of hydrogen-bond acceptors (Lipinski definition) is 2. The molecule has 1 aromatic carbocycles. The molecule has 0 atom stereocenters. The van der Waals surface area contributed by atoms with Gasteiger partial charge in [-0.25, -0.2) is 4.68 Å². The monoisotopic (exact) mass is 291 g/mol. The molecule has 0 bridgehead atoms. The average molecular weight is 292 g/mol. The summed E-state index contributed by atoms with van der Waals surface area (Å²) in [7, 11) is 0. The van der Waals surface area contributed by atoms with Crippen LogP contribution in [0.3, 0.4) is 0 Å². The second kappa shape index (κ2) is 6.91. The maximum absolute atomic E-state index is 6.18. The van der Waals surface area contributed by atoms with Crippen molar-refractivity contribution in [3.05, 3.63) is 46.2 Å². The lowest BCUT2D eigenvalue weighted by molar-refractivity contribution is 0.710. The van der Waals surface area contributed by atoms with E-state index >= 15 is 0 Å². The number of aromatic nitrogens is 2. The Morgan fingerprint density at radius 1 is 1.15 bits per heavy atom. The first kappa shape index (κ1) is 15.1. The molecule has 0 aliphatic rings. The zero-order valence-corrected chi connectivity index (χ0v) is 13.2. The quantitative estimate of drug-likeness (QED) is 0.878. The zero-order valence-electron chi connectivity index (χ0n) is 12.4. The lowest BCUT2D eigenvalue weighted by atomic mass is 10.1. The number of hydrogen-bond donors (Lipinski definition) is 1. The first-order valence-electron chi connectivity index (χ1n) is 7.26. The number of rotatable bonds is 6. The van der Waals surface area contributed by atoms with Crippen LogP contribution in [0.2, 0.25) is 5.02 Å². The summed E-state index contributed by atoms with van der Waals surface area (Å²) in [6.45, 7) is 8.16. The third-order valence-electron chi connectivity index (χ3n) is 3.40. The lowest BCUT2D eigenvalue weighted by Crippen LogP contribution is -2.15. The molecular formula is C16H22ClN3. The van der Waals surface area contributed by atoms with Crippen LogP contribution in [-0.4, -0.2) is 16.3 Å². The molecule has 0 aliphatic carbocycles. The van der Waals surface area contributed by atoms with Crippen LogP contribution >= 0.6 is 11.6 Å². The smallest absolute Gasteiger partial charge is 0.0708 e. The van der Waals surface area contributed by atoms with Gasteiger partial charge in [-0.3, -0.25) is 0 Å². The van der Waals surface area contributed by atoms with Crippen LogP contribution in [0.15, 0.2) is 24.3 Å². The van der Waals surface area contributed by atoms with Gasteiger partial charge in [-0.15, -0.1) is 0 Å². The third-order valence-corrected chi connectivity index (χ3v) is 3.63. The highest BCUT2D eigenvalue weighted by molar-refractivity contribution is 6.30. The summed E-state index contributed by atoms with van der Waals surface area (Å²) in [5, 5.41) is 8.82. The Labute approximate surface area is 126 Å². The first-order chi connectivity index (χ1) is 9.69. The van der Waals surface area contributed by atoms with Crippen molar-refractivity contribution in [1.29, 1.82) is 0 Å². The lowest BCUT2D eigenvalue weighted by Gasteiger charge is -2.13. The molecule has 0 saturated heterocycles. The molecule has 0 amide bonds. The summed E-state index contributed by atoms with van der Waals surface area (Å²) < 4.78 is 2.04. The van der Waals surface area contributed by atoms with Gasteiger partial charge in [-0.1, -0.05) is 38.4 Å². The highest BCUT2D eigenvalue weighted by Gasteiger charge is 2.11. The molecule has 4 heteroatoms. The van der Waals surface area contributed by atoms with Gasteiger partial charge in [-0.2, -0.15) is 5.10 Å². The maximum atomic E-state index is 6.18. The van der Waals surface area contributed by atoms with Crippen LogP contribution in [0.4, 0.5) is 0 Å². The van der Waals surface area contributed by atoms with E-state index in [1.54, 1.807) is 0 Å². The Kier molecular flexibility index (Phi) is 5.21. The summed E-state index contributed by atoms with van der Waals surface area (Å²) in [6, 6.07) is 8.19. The minimum Gasteiger partial charge on any atom is -0.313 e. The predicted octanol–water partition coefficient (Wildman–Crippen LogP) is 3.76. The van der Waals surface area contributed by atoms with Gasteiger partial charge in [0.15, 0.2) is 0 Å². The fourth-order valence-electron chi connectivity index (χ4n) is 2.25. The molecule has 0 aliphatic heterocycles. The Balaban J connectivity index is 2.49. The summed E-state index contributed by atoms with van der Waals surface area (Å²) in [4.78, 5) is 0. The van der Waals surface area contributed by atoms with E-state index in [1.165, 1.54) is 11.3 Å². The van der Waals surface area contributed by atoms with Crippen molar-refractivity contribution in [3.8, 4) is 5.69 Å². The van der Waals surface area contributed by atoms with Crippen molar-refractivity contribution in [2.75, 3.05) is 6.54 Å². The van der Waals surface area contributed by atoms with E-state index in [-0.39, 0.29) is 0 Å². The van der Waals surface area contributed by atoms with Crippen molar-refractivity contribution in [3.63, 3.8) is 0 Å². The molecule has 0 spiro atoms. The van der Waals surface area contributed by atoms with Gasteiger partial charge in [0.1, 0.15) is 0 Å². The second-order valence-corrected chi connectivity index (χ2v) is 5.24. The van der Waals surface area contributed by atoms with Gasteiger partial charge in [0, 0.05) is 17.3 Å². The molecule has 1 aromatic heterocycles. The number of aryl methyl sites for hydroxylation is 2. The molecule has 2 rings (SSSR count). The fourth-order valence-corrected chi connectivity index (χ4v) is 2.42. The van der Waals surface area contributed by atoms with E-state index in [2.05, 4.69) is 38.2 Å². The number of nitrogens with zero attached hydrogens (tertiary/aromatic N) is 2. The Hall–Kier alpha value is -1.32. The second-order valence-electron chi connectivity index (χ2n) is 4.80. The van der Waals surface area contributed by atoms with Gasteiger partial charge in [0.2, 0.25) is 0 Å². The van der Waals surface area contributed by atoms with Crippen LogP contribution in [-0.2, 0) is 19.4 Å². The molecule has 1 heterocycles. The fraction of sp³-hybridized carbons (Fsp3) is 0.438. The average Bonchev–Trinajstić information content (AvgIpc) is 2.89. The normalized spacial score (nSPS) is 11.0. The number of nitrogens with one attached hydrogen (secondary N) is 1. The van der Waals surface area contributed by atoms with Crippen molar-refractivity contribution < 1.29 is 0 Å². The Bertz CT molecular complexity index is 575. The van der Waals surface area contributed by atoms with E-state index in [9.17, 15) is 0 Å². The number of benzene rings is 1. The van der Waals surface area contributed by atoms with Gasteiger partial charge < -0.3 is 5.32 Å². The van der Waals surface area contributed by atoms with Gasteiger partial charge in [-0.05, 0) is 43.1 Å². The highest BCUT2D eigenvalue weighted by Crippen LogP contribution is 2.22.